The number of rotatable bonds is 6. The van der Waals surface area contributed by atoms with Crippen molar-refractivity contribution in [3.8, 4) is 5.75 Å². The standard InChI is InChI=1S/C14H17NO5/c1-3-8-20-13(17)12(15-14(18)19-2)9-10-4-6-11(16)7-5-10/h3-7,12,16H,1,8-9H2,2H3,(H,15,18)/t12-/m0/s1. The van der Waals surface area contributed by atoms with Gasteiger partial charge in [0, 0.05) is 6.42 Å². The Hall–Kier alpha value is -2.50. The SMILES string of the molecule is C=CCOC(=O)[C@H](Cc1ccc(O)cc1)NC(=O)OC. The molecule has 1 aromatic carbocycles. The minimum absolute atomic E-state index is 0.0633. The molecule has 0 aliphatic heterocycles. The molecule has 0 aromatic heterocycles. The summed E-state index contributed by atoms with van der Waals surface area (Å²) in [6.07, 6.45) is 0.947. The van der Waals surface area contributed by atoms with Crippen LogP contribution in [0.5, 0.6) is 5.75 Å². The van der Waals surface area contributed by atoms with Gasteiger partial charge >= 0.3 is 12.1 Å². The van der Waals surface area contributed by atoms with Gasteiger partial charge in [-0.25, -0.2) is 9.59 Å². The summed E-state index contributed by atoms with van der Waals surface area (Å²) >= 11 is 0. The zero-order valence-corrected chi connectivity index (χ0v) is 11.2. The highest BCUT2D eigenvalue weighted by molar-refractivity contribution is 5.81. The number of carbonyl (C=O) groups is 2. The number of esters is 1. The van der Waals surface area contributed by atoms with Crippen LogP contribution in [0.2, 0.25) is 0 Å². The van der Waals surface area contributed by atoms with Crippen molar-refractivity contribution in [1.82, 2.24) is 5.32 Å². The van der Waals surface area contributed by atoms with E-state index in [0.717, 1.165) is 5.56 Å². The largest absolute Gasteiger partial charge is 0.508 e. The Morgan fingerprint density at radius 2 is 2.05 bits per heavy atom. The van der Waals surface area contributed by atoms with Crippen LogP contribution in [0.25, 0.3) is 0 Å². The van der Waals surface area contributed by atoms with Crippen LogP contribution in [0.4, 0.5) is 4.79 Å². The number of amides is 1. The van der Waals surface area contributed by atoms with Crippen molar-refractivity contribution in [1.29, 1.82) is 0 Å². The normalized spacial score (nSPS) is 11.2. The molecular weight excluding hydrogens is 262 g/mol. The minimum atomic E-state index is -0.869. The first-order chi connectivity index (χ1) is 9.56. The molecular formula is C14H17NO5. The predicted molar refractivity (Wildman–Crippen MR) is 72.3 cm³/mol. The van der Waals surface area contributed by atoms with Crippen molar-refractivity contribution in [3.63, 3.8) is 0 Å². The molecule has 20 heavy (non-hydrogen) atoms. The van der Waals surface area contributed by atoms with Gasteiger partial charge in [0.15, 0.2) is 0 Å². The zero-order valence-electron chi connectivity index (χ0n) is 11.2. The maximum Gasteiger partial charge on any atom is 0.407 e. The smallest absolute Gasteiger partial charge is 0.407 e. The fraction of sp³-hybridized carbons (Fsp3) is 0.286. The van der Waals surface area contributed by atoms with Crippen LogP contribution in [-0.4, -0.2) is 36.9 Å². The van der Waals surface area contributed by atoms with E-state index in [1.54, 1.807) is 12.1 Å². The second-order valence-electron chi connectivity index (χ2n) is 3.98. The third-order valence-corrected chi connectivity index (χ3v) is 2.48. The maximum absolute atomic E-state index is 11.8. The Labute approximate surface area is 117 Å². The zero-order chi connectivity index (χ0) is 15.0. The summed E-state index contributed by atoms with van der Waals surface area (Å²) in [5.41, 5.74) is 0.764. The molecule has 1 rings (SSSR count). The molecule has 1 amide bonds. The number of ether oxygens (including phenoxy) is 2. The van der Waals surface area contributed by atoms with E-state index in [1.807, 2.05) is 0 Å². The van der Waals surface area contributed by atoms with Gasteiger partial charge in [0.25, 0.3) is 0 Å². The average molecular weight is 279 g/mol. The first kappa shape index (κ1) is 15.6. The molecule has 0 fully saturated rings. The highest BCUT2D eigenvalue weighted by Gasteiger charge is 2.22. The van der Waals surface area contributed by atoms with E-state index in [9.17, 15) is 14.7 Å². The molecule has 1 atom stereocenters. The van der Waals surface area contributed by atoms with Gasteiger partial charge in [-0.2, -0.15) is 0 Å². The Morgan fingerprint density at radius 3 is 2.60 bits per heavy atom. The molecule has 0 saturated heterocycles. The third-order valence-electron chi connectivity index (χ3n) is 2.48. The van der Waals surface area contributed by atoms with Crippen LogP contribution < -0.4 is 5.32 Å². The van der Waals surface area contributed by atoms with Crippen LogP contribution in [0.15, 0.2) is 36.9 Å². The molecule has 0 bridgehead atoms. The summed E-state index contributed by atoms with van der Waals surface area (Å²) in [6, 6.07) is 5.44. The molecule has 0 aliphatic carbocycles. The summed E-state index contributed by atoms with van der Waals surface area (Å²) in [5, 5.41) is 11.6. The van der Waals surface area contributed by atoms with Gasteiger partial charge in [0.1, 0.15) is 18.4 Å². The second-order valence-corrected chi connectivity index (χ2v) is 3.98. The van der Waals surface area contributed by atoms with E-state index in [-0.39, 0.29) is 18.8 Å². The number of hydrogen-bond acceptors (Lipinski definition) is 5. The number of phenolic OH excluding ortho intramolecular Hbond substituents is 1. The van der Waals surface area contributed by atoms with E-state index >= 15 is 0 Å². The Kier molecular flexibility index (Phi) is 6.09. The molecule has 0 radical (unpaired) electrons. The number of nitrogens with one attached hydrogen (secondary N) is 1. The first-order valence-corrected chi connectivity index (χ1v) is 5.96. The average Bonchev–Trinajstić information content (AvgIpc) is 2.46. The van der Waals surface area contributed by atoms with E-state index < -0.39 is 18.1 Å². The predicted octanol–water partition coefficient (Wildman–Crippen LogP) is 1.39. The highest BCUT2D eigenvalue weighted by Crippen LogP contribution is 2.12. The molecule has 6 heteroatoms. The molecule has 6 nitrogen and oxygen atoms in total. The van der Waals surface area contributed by atoms with E-state index in [1.165, 1.54) is 25.3 Å². The third kappa shape index (κ3) is 5.01. The van der Waals surface area contributed by atoms with Crippen LogP contribution in [0.1, 0.15) is 5.56 Å². The number of methoxy groups -OCH3 is 1. The monoisotopic (exact) mass is 279 g/mol. The lowest BCUT2D eigenvalue weighted by atomic mass is 10.1. The molecule has 0 unspecified atom stereocenters. The number of benzene rings is 1. The number of hydrogen-bond donors (Lipinski definition) is 2. The van der Waals surface area contributed by atoms with Crippen molar-refractivity contribution in [2.24, 2.45) is 0 Å². The van der Waals surface area contributed by atoms with Crippen LogP contribution >= 0.6 is 0 Å². The molecule has 2 N–H and O–H groups in total. The second kappa shape index (κ2) is 7.83. The Morgan fingerprint density at radius 1 is 1.40 bits per heavy atom. The van der Waals surface area contributed by atoms with Crippen molar-refractivity contribution < 1.29 is 24.2 Å². The first-order valence-electron chi connectivity index (χ1n) is 5.96. The van der Waals surface area contributed by atoms with Crippen molar-refractivity contribution in [3.05, 3.63) is 42.5 Å². The van der Waals surface area contributed by atoms with Gasteiger partial charge in [-0.15, -0.1) is 0 Å². The van der Waals surface area contributed by atoms with Crippen LogP contribution in [-0.2, 0) is 20.7 Å². The summed E-state index contributed by atoms with van der Waals surface area (Å²) in [7, 11) is 1.21. The topological polar surface area (TPSA) is 84.9 Å². The van der Waals surface area contributed by atoms with E-state index in [4.69, 9.17) is 4.74 Å². The summed E-state index contributed by atoms with van der Waals surface area (Å²) in [5.74, 6) is -0.455. The van der Waals surface area contributed by atoms with E-state index in [0.29, 0.717) is 0 Å². The fourth-order valence-electron chi connectivity index (χ4n) is 1.50. The van der Waals surface area contributed by atoms with Gasteiger partial charge in [0.05, 0.1) is 7.11 Å². The molecule has 0 spiro atoms. The van der Waals surface area contributed by atoms with Gasteiger partial charge in [0.2, 0.25) is 0 Å². The lowest BCUT2D eigenvalue weighted by Crippen LogP contribution is -2.43. The van der Waals surface area contributed by atoms with Gasteiger partial charge in [-0.05, 0) is 17.7 Å². The van der Waals surface area contributed by atoms with Gasteiger partial charge < -0.3 is 19.9 Å². The number of aromatic hydroxyl groups is 1. The molecule has 0 heterocycles. The summed E-state index contributed by atoms with van der Waals surface area (Å²) in [4.78, 5) is 23.1. The molecule has 0 aliphatic rings. The summed E-state index contributed by atoms with van der Waals surface area (Å²) in [6.45, 7) is 3.51. The van der Waals surface area contributed by atoms with Crippen molar-refractivity contribution in [2.75, 3.05) is 13.7 Å². The molecule has 0 saturated carbocycles. The lowest BCUT2D eigenvalue weighted by molar-refractivity contribution is -0.144. The van der Waals surface area contributed by atoms with Crippen molar-refractivity contribution in [2.45, 2.75) is 12.5 Å². The molecule has 1 aromatic rings. The summed E-state index contributed by atoms with van der Waals surface area (Å²) < 4.78 is 9.39. The van der Waals surface area contributed by atoms with Gasteiger partial charge in [-0.1, -0.05) is 24.8 Å². The van der Waals surface area contributed by atoms with Crippen molar-refractivity contribution >= 4 is 12.1 Å². The minimum Gasteiger partial charge on any atom is -0.508 e. The quantitative estimate of drug-likeness (QED) is 0.607. The number of phenols is 1. The Balaban J connectivity index is 2.75. The Bertz CT molecular complexity index is 469. The number of alkyl carbamates (subject to hydrolysis) is 1. The lowest BCUT2D eigenvalue weighted by Gasteiger charge is -2.16. The van der Waals surface area contributed by atoms with Crippen LogP contribution in [0, 0.1) is 0 Å². The maximum atomic E-state index is 11.8. The number of carbonyl (C=O) groups excluding carboxylic acids is 2. The fourth-order valence-corrected chi connectivity index (χ4v) is 1.50. The van der Waals surface area contributed by atoms with Crippen LogP contribution in [0.3, 0.4) is 0 Å². The highest BCUT2D eigenvalue weighted by atomic mass is 16.5. The van der Waals surface area contributed by atoms with E-state index in [2.05, 4.69) is 16.6 Å². The van der Waals surface area contributed by atoms with Gasteiger partial charge in [-0.3, -0.25) is 0 Å². The molecule has 108 valence electrons.